The van der Waals surface area contributed by atoms with Gasteiger partial charge in [0.05, 0.1) is 12.0 Å². The molecule has 0 spiro atoms. The highest BCUT2D eigenvalue weighted by Crippen LogP contribution is 2.35. The molecule has 0 atom stereocenters. The van der Waals surface area contributed by atoms with Crippen LogP contribution in [0.5, 0.6) is 0 Å². The van der Waals surface area contributed by atoms with E-state index in [9.17, 15) is 19.5 Å². The van der Waals surface area contributed by atoms with E-state index >= 15 is 0 Å². The SMILES string of the molecule is CCC1(C(=O)O)CCN(C(=O)NCCOC(N)=O)CC1. The second-order valence-corrected chi connectivity index (χ2v) is 4.83. The lowest BCUT2D eigenvalue weighted by molar-refractivity contribution is -0.151. The zero-order chi connectivity index (χ0) is 15.2. The number of hydrogen-bond acceptors (Lipinski definition) is 4. The molecule has 0 aliphatic carbocycles. The molecule has 1 aliphatic rings. The number of rotatable bonds is 5. The average molecular weight is 287 g/mol. The van der Waals surface area contributed by atoms with E-state index in [1.807, 2.05) is 6.92 Å². The number of carbonyl (C=O) groups excluding carboxylic acids is 2. The van der Waals surface area contributed by atoms with Crippen LogP contribution in [0.25, 0.3) is 0 Å². The minimum absolute atomic E-state index is 0.0168. The maximum atomic E-state index is 11.8. The molecule has 0 radical (unpaired) electrons. The highest BCUT2D eigenvalue weighted by atomic mass is 16.5. The monoisotopic (exact) mass is 287 g/mol. The number of carboxylic acid groups (broad SMARTS) is 1. The zero-order valence-corrected chi connectivity index (χ0v) is 11.6. The third-order valence-corrected chi connectivity index (χ3v) is 3.76. The van der Waals surface area contributed by atoms with Crippen molar-refractivity contribution < 1.29 is 24.2 Å². The Morgan fingerprint density at radius 3 is 2.40 bits per heavy atom. The Hall–Kier alpha value is -1.99. The minimum atomic E-state index is -0.883. The van der Waals surface area contributed by atoms with Gasteiger partial charge in [0.1, 0.15) is 6.61 Å². The number of likely N-dealkylation sites (tertiary alicyclic amines) is 1. The number of aliphatic carboxylic acids is 1. The molecule has 1 heterocycles. The number of nitrogens with two attached hydrogens (primary N) is 1. The largest absolute Gasteiger partial charge is 0.481 e. The molecule has 0 bridgehead atoms. The van der Waals surface area contributed by atoms with Crippen molar-refractivity contribution in [2.24, 2.45) is 11.1 Å². The molecule has 0 aromatic carbocycles. The van der Waals surface area contributed by atoms with Crippen LogP contribution in [0.4, 0.5) is 9.59 Å². The van der Waals surface area contributed by atoms with E-state index in [2.05, 4.69) is 10.1 Å². The highest BCUT2D eigenvalue weighted by Gasteiger charge is 2.40. The van der Waals surface area contributed by atoms with E-state index in [0.29, 0.717) is 32.4 Å². The fraction of sp³-hybridized carbons (Fsp3) is 0.750. The Morgan fingerprint density at radius 1 is 1.35 bits per heavy atom. The van der Waals surface area contributed by atoms with Gasteiger partial charge in [-0.05, 0) is 19.3 Å². The van der Waals surface area contributed by atoms with Gasteiger partial charge >= 0.3 is 18.1 Å². The van der Waals surface area contributed by atoms with Crippen LogP contribution in [-0.4, -0.2) is 54.3 Å². The maximum Gasteiger partial charge on any atom is 0.404 e. The fourth-order valence-electron chi connectivity index (χ4n) is 2.28. The first-order chi connectivity index (χ1) is 9.41. The first-order valence-corrected chi connectivity index (χ1v) is 6.59. The van der Waals surface area contributed by atoms with Crippen molar-refractivity contribution >= 4 is 18.1 Å². The fourth-order valence-corrected chi connectivity index (χ4v) is 2.28. The van der Waals surface area contributed by atoms with Crippen molar-refractivity contribution in [1.82, 2.24) is 10.2 Å². The topological polar surface area (TPSA) is 122 Å². The number of piperidine rings is 1. The third kappa shape index (κ3) is 4.01. The van der Waals surface area contributed by atoms with Crippen molar-refractivity contribution in [3.63, 3.8) is 0 Å². The molecule has 0 aromatic rings. The minimum Gasteiger partial charge on any atom is -0.481 e. The predicted molar refractivity (Wildman–Crippen MR) is 70.1 cm³/mol. The molecule has 114 valence electrons. The summed E-state index contributed by atoms with van der Waals surface area (Å²) in [6.07, 6.45) is 0.574. The third-order valence-electron chi connectivity index (χ3n) is 3.76. The van der Waals surface area contributed by atoms with Gasteiger partial charge in [-0.15, -0.1) is 0 Å². The van der Waals surface area contributed by atoms with Crippen molar-refractivity contribution in [2.75, 3.05) is 26.2 Å². The lowest BCUT2D eigenvalue weighted by Crippen LogP contribution is -2.50. The van der Waals surface area contributed by atoms with Gasteiger partial charge in [-0.3, -0.25) is 4.79 Å². The van der Waals surface area contributed by atoms with Crippen LogP contribution >= 0.6 is 0 Å². The number of urea groups is 1. The highest BCUT2D eigenvalue weighted by molar-refractivity contribution is 5.77. The average Bonchev–Trinajstić information content (AvgIpc) is 2.43. The second kappa shape index (κ2) is 6.97. The number of ether oxygens (including phenoxy) is 1. The summed E-state index contributed by atoms with van der Waals surface area (Å²) in [5.74, 6) is -0.796. The van der Waals surface area contributed by atoms with Crippen molar-refractivity contribution in [1.29, 1.82) is 0 Å². The van der Waals surface area contributed by atoms with Gasteiger partial charge in [0.2, 0.25) is 0 Å². The Bertz CT molecular complexity index is 377. The van der Waals surface area contributed by atoms with Gasteiger partial charge < -0.3 is 25.8 Å². The lowest BCUT2D eigenvalue weighted by Gasteiger charge is -2.38. The van der Waals surface area contributed by atoms with Gasteiger partial charge in [0, 0.05) is 13.1 Å². The molecule has 20 heavy (non-hydrogen) atoms. The van der Waals surface area contributed by atoms with Crippen molar-refractivity contribution in [2.45, 2.75) is 26.2 Å². The molecular weight excluding hydrogens is 266 g/mol. The van der Waals surface area contributed by atoms with E-state index in [4.69, 9.17) is 5.73 Å². The summed E-state index contributed by atoms with van der Waals surface area (Å²) < 4.78 is 4.49. The molecule has 1 saturated heterocycles. The number of nitrogens with zero attached hydrogens (tertiary/aromatic N) is 1. The molecule has 8 heteroatoms. The summed E-state index contributed by atoms with van der Waals surface area (Å²) in [5, 5.41) is 11.8. The van der Waals surface area contributed by atoms with E-state index in [0.717, 1.165) is 0 Å². The molecule has 3 amide bonds. The first kappa shape index (κ1) is 16.1. The summed E-state index contributed by atoms with van der Waals surface area (Å²) in [7, 11) is 0. The summed E-state index contributed by atoms with van der Waals surface area (Å²) in [5.41, 5.74) is 4.07. The van der Waals surface area contributed by atoms with Gasteiger partial charge in [0.15, 0.2) is 0 Å². The Labute approximate surface area is 117 Å². The molecule has 1 rings (SSSR count). The smallest absolute Gasteiger partial charge is 0.404 e. The number of amides is 3. The number of carboxylic acids is 1. The van der Waals surface area contributed by atoms with Crippen LogP contribution in [-0.2, 0) is 9.53 Å². The number of hydrogen-bond donors (Lipinski definition) is 3. The van der Waals surface area contributed by atoms with Gasteiger partial charge in [-0.1, -0.05) is 6.92 Å². The van der Waals surface area contributed by atoms with Crippen LogP contribution in [0.1, 0.15) is 26.2 Å². The summed E-state index contributed by atoms with van der Waals surface area (Å²) >= 11 is 0. The van der Waals surface area contributed by atoms with Crippen LogP contribution < -0.4 is 11.1 Å². The standard InChI is InChI=1S/C12H21N3O5/c1-2-12(9(16)17)3-6-15(7-4-12)11(19)14-5-8-20-10(13)18/h2-8H2,1H3,(H2,13,18)(H,14,19)(H,16,17). The predicted octanol–water partition coefficient (Wildman–Crippen LogP) is 0.368. The summed E-state index contributed by atoms with van der Waals surface area (Å²) in [6.45, 7) is 2.86. The van der Waals surface area contributed by atoms with Crippen LogP contribution in [0.15, 0.2) is 0 Å². The van der Waals surface area contributed by atoms with Gasteiger partial charge in [-0.2, -0.15) is 0 Å². The molecule has 1 fully saturated rings. The first-order valence-electron chi connectivity index (χ1n) is 6.59. The Morgan fingerprint density at radius 2 is 1.95 bits per heavy atom. The summed E-state index contributed by atoms with van der Waals surface area (Å²) in [4.78, 5) is 35.0. The summed E-state index contributed by atoms with van der Waals surface area (Å²) in [6, 6.07) is -0.284. The normalized spacial score (nSPS) is 17.4. The quantitative estimate of drug-likeness (QED) is 0.630. The molecule has 0 aromatic heterocycles. The van der Waals surface area contributed by atoms with Gasteiger partial charge in [0.25, 0.3) is 0 Å². The van der Waals surface area contributed by atoms with E-state index in [-0.39, 0.29) is 19.2 Å². The number of nitrogens with one attached hydrogen (secondary N) is 1. The Balaban J connectivity index is 2.35. The Kier molecular flexibility index (Phi) is 5.60. The maximum absolute atomic E-state index is 11.8. The number of carbonyl (C=O) groups is 3. The number of primary amides is 1. The second-order valence-electron chi connectivity index (χ2n) is 4.83. The van der Waals surface area contributed by atoms with E-state index in [1.165, 1.54) is 0 Å². The molecule has 0 unspecified atom stereocenters. The molecule has 4 N–H and O–H groups in total. The van der Waals surface area contributed by atoms with Crippen LogP contribution in [0, 0.1) is 5.41 Å². The van der Waals surface area contributed by atoms with Crippen LogP contribution in [0.2, 0.25) is 0 Å². The van der Waals surface area contributed by atoms with Crippen LogP contribution in [0.3, 0.4) is 0 Å². The molecule has 0 saturated carbocycles. The molecular formula is C12H21N3O5. The van der Waals surface area contributed by atoms with Gasteiger partial charge in [-0.25, -0.2) is 9.59 Å². The zero-order valence-electron chi connectivity index (χ0n) is 11.6. The lowest BCUT2D eigenvalue weighted by atomic mass is 9.76. The van der Waals surface area contributed by atoms with Crippen molar-refractivity contribution in [3.05, 3.63) is 0 Å². The molecule has 8 nitrogen and oxygen atoms in total. The molecule has 1 aliphatic heterocycles. The van der Waals surface area contributed by atoms with E-state index < -0.39 is 17.5 Å². The van der Waals surface area contributed by atoms with E-state index in [1.54, 1.807) is 4.90 Å². The van der Waals surface area contributed by atoms with Crippen molar-refractivity contribution in [3.8, 4) is 0 Å².